The van der Waals surface area contributed by atoms with Crippen molar-refractivity contribution in [3.63, 3.8) is 0 Å². The first-order valence-corrected chi connectivity index (χ1v) is 14.5. The molecule has 2 aromatic rings. The second kappa shape index (κ2) is 11.1. The molecule has 9 nitrogen and oxygen atoms in total. The highest BCUT2D eigenvalue weighted by Crippen LogP contribution is 2.42. The summed E-state index contributed by atoms with van der Waals surface area (Å²) < 4.78 is 99.8. The summed E-state index contributed by atoms with van der Waals surface area (Å²) in [4.78, 5) is 29.6. The molecule has 0 spiro atoms. The van der Waals surface area contributed by atoms with E-state index in [1.54, 1.807) is 0 Å². The van der Waals surface area contributed by atoms with Gasteiger partial charge in [0.25, 0.3) is 10.0 Å². The van der Waals surface area contributed by atoms with Crippen molar-refractivity contribution in [2.24, 2.45) is 0 Å². The highest BCUT2D eigenvalue weighted by molar-refractivity contribution is 7.92. The zero-order valence-electron chi connectivity index (χ0n) is 21.7. The Morgan fingerprint density at radius 2 is 1.76 bits per heavy atom. The number of sulfonamides is 1. The first-order valence-electron chi connectivity index (χ1n) is 13.0. The maximum absolute atomic E-state index is 14.2. The molecule has 0 radical (unpaired) electrons. The van der Waals surface area contributed by atoms with Crippen molar-refractivity contribution in [2.45, 2.75) is 49.3 Å². The van der Waals surface area contributed by atoms with Gasteiger partial charge >= 0.3 is 12.3 Å². The fraction of sp³-hybridized carbons (Fsp3) is 0.462. The second-order valence-electron chi connectivity index (χ2n) is 10.2. The van der Waals surface area contributed by atoms with Crippen LogP contribution in [0.5, 0.6) is 0 Å². The van der Waals surface area contributed by atoms with Gasteiger partial charge < -0.3 is 9.64 Å². The van der Waals surface area contributed by atoms with Gasteiger partial charge in [-0.25, -0.2) is 22.0 Å². The number of carbonyl (C=O) groups excluding carboxylic acids is 2. The van der Waals surface area contributed by atoms with Gasteiger partial charge in [0.1, 0.15) is 17.7 Å². The van der Waals surface area contributed by atoms with Crippen LogP contribution in [0.4, 0.5) is 43.8 Å². The molecular weight excluding hydrogens is 575 g/mol. The molecule has 2 saturated heterocycles. The first kappa shape index (κ1) is 29.0. The Kier molecular flexibility index (Phi) is 7.85. The lowest BCUT2D eigenvalue weighted by atomic mass is 10.1. The quantitative estimate of drug-likeness (QED) is 0.492. The molecule has 0 atom stereocenters. The van der Waals surface area contributed by atoms with Crippen LogP contribution in [-0.4, -0.2) is 70.3 Å². The average Bonchev–Trinajstić information content (AvgIpc) is 3.52. The van der Waals surface area contributed by atoms with Crippen molar-refractivity contribution < 1.29 is 44.7 Å². The number of alkyl halides is 3. The predicted octanol–water partition coefficient (Wildman–Crippen LogP) is 4.42. The lowest BCUT2D eigenvalue weighted by molar-refractivity contribution is -0.149. The molecule has 0 bridgehead atoms. The number of nitrogens with one attached hydrogen (secondary N) is 1. The summed E-state index contributed by atoms with van der Waals surface area (Å²) in [6, 6.07) is 4.95. The number of ether oxygens (including phenoxy) is 1. The van der Waals surface area contributed by atoms with Gasteiger partial charge in [0, 0.05) is 38.7 Å². The third-order valence-electron chi connectivity index (χ3n) is 7.29. The molecule has 2 aromatic carbocycles. The minimum absolute atomic E-state index is 0.116. The molecule has 3 aliphatic heterocycles. The van der Waals surface area contributed by atoms with Crippen LogP contribution in [0.3, 0.4) is 0 Å². The third kappa shape index (κ3) is 6.40. The van der Waals surface area contributed by atoms with Crippen LogP contribution in [0, 0.1) is 11.6 Å². The number of amides is 2. The highest BCUT2D eigenvalue weighted by Gasteiger charge is 2.37. The second-order valence-corrected chi connectivity index (χ2v) is 11.9. The van der Waals surface area contributed by atoms with E-state index >= 15 is 0 Å². The van der Waals surface area contributed by atoms with Crippen LogP contribution >= 0.6 is 0 Å². The summed E-state index contributed by atoms with van der Waals surface area (Å²) in [5, 5.41) is 0. The standard InChI is InChI=1S/C26H27F5N4O5S/c27-17-3-4-21(20(28)13-17)32-41(38,39)19-12-16-5-11-35(24(16)22(14-19)34-8-1-2-23(34)36)25(37)40-18-6-9-33(10-7-18)15-26(29,30)31/h3-4,12-14,18,32H,1-2,5-11,15H2. The van der Waals surface area contributed by atoms with Gasteiger partial charge in [0.15, 0.2) is 0 Å². The van der Waals surface area contributed by atoms with Crippen molar-refractivity contribution in [1.82, 2.24) is 4.90 Å². The Bertz CT molecular complexity index is 1460. The molecule has 2 fully saturated rings. The molecule has 3 aliphatic rings. The van der Waals surface area contributed by atoms with Crippen LogP contribution in [0.25, 0.3) is 0 Å². The van der Waals surface area contributed by atoms with Crippen LogP contribution < -0.4 is 14.5 Å². The Morgan fingerprint density at radius 3 is 2.39 bits per heavy atom. The minimum Gasteiger partial charge on any atom is -0.446 e. The number of anilines is 3. The number of piperidine rings is 1. The lowest BCUT2D eigenvalue weighted by Crippen LogP contribution is -2.43. The van der Waals surface area contributed by atoms with Gasteiger partial charge in [0.05, 0.1) is 28.5 Å². The summed E-state index contributed by atoms with van der Waals surface area (Å²) in [5.74, 6) is -2.25. The summed E-state index contributed by atoms with van der Waals surface area (Å²) in [6.07, 6.45) is -4.23. The van der Waals surface area contributed by atoms with Gasteiger partial charge in [0.2, 0.25) is 5.91 Å². The number of benzene rings is 2. The van der Waals surface area contributed by atoms with E-state index in [0.717, 1.165) is 12.1 Å². The van der Waals surface area contributed by atoms with Crippen molar-refractivity contribution in [2.75, 3.05) is 47.2 Å². The molecule has 41 heavy (non-hydrogen) atoms. The molecule has 0 unspecified atom stereocenters. The number of hydrogen-bond donors (Lipinski definition) is 1. The van der Waals surface area contributed by atoms with Crippen LogP contribution in [0.15, 0.2) is 35.2 Å². The number of likely N-dealkylation sites (tertiary alicyclic amines) is 1. The number of fused-ring (bicyclic) bond motifs is 1. The summed E-state index contributed by atoms with van der Waals surface area (Å²) in [5.41, 5.74) is 0.474. The number of halogens is 5. The van der Waals surface area contributed by atoms with Crippen LogP contribution in [0.1, 0.15) is 31.2 Å². The van der Waals surface area contributed by atoms with E-state index in [-0.39, 0.29) is 68.4 Å². The lowest BCUT2D eigenvalue weighted by Gasteiger charge is -2.33. The number of nitrogens with zero attached hydrogens (tertiary/aromatic N) is 3. The number of hydrogen-bond acceptors (Lipinski definition) is 6. The summed E-state index contributed by atoms with van der Waals surface area (Å²) in [7, 11) is -4.39. The maximum atomic E-state index is 14.2. The number of carbonyl (C=O) groups is 2. The molecule has 222 valence electrons. The minimum atomic E-state index is -4.39. The van der Waals surface area contributed by atoms with E-state index in [1.807, 2.05) is 0 Å². The molecule has 1 N–H and O–H groups in total. The van der Waals surface area contributed by atoms with Gasteiger partial charge in [-0.2, -0.15) is 13.2 Å². The van der Waals surface area contributed by atoms with Crippen LogP contribution in [-0.2, 0) is 26.0 Å². The molecule has 0 aliphatic carbocycles. The monoisotopic (exact) mass is 602 g/mol. The predicted molar refractivity (Wildman–Crippen MR) is 138 cm³/mol. The number of rotatable bonds is 6. The SMILES string of the molecule is O=C1CCCN1c1cc(S(=O)(=O)Nc2ccc(F)cc2F)cc2c1N(C(=O)OC1CCN(CC(F)(F)F)CC1)CC2. The van der Waals surface area contributed by atoms with Crippen molar-refractivity contribution in [1.29, 1.82) is 0 Å². The van der Waals surface area contributed by atoms with Crippen molar-refractivity contribution in [3.8, 4) is 0 Å². The van der Waals surface area contributed by atoms with E-state index in [2.05, 4.69) is 4.72 Å². The summed E-state index contributed by atoms with van der Waals surface area (Å²) >= 11 is 0. The normalized spacial score (nSPS) is 18.6. The Morgan fingerprint density at radius 1 is 1.02 bits per heavy atom. The average molecular weight is 603 g/mol. The Balaban J connectivity index is 1.39. The molecule has 5 rings (SSSR count). The molecule has 0 aromatic heterocycles. The maximum Gasteiger partial charge on any atom is 0.414 e. The zero-order chi connectivity index (χ0) is 29.5. The first-order chi connectivity index (χ1) is 19.3. The van der Waals surface area contributed by atoms with Crippen molar-refractivity contribution in [3.05, 3.63) is 47.5 Å². The van der Waals surface area contributed by atoms with Gasteiger partial charge in [-0.3, -0.25) is 19.3 Å². The fourth-order valence-electron chi connectivity index (χ4n) is 5.36. The van der Waals surface area contributed by atoms with Gasteiger partial charge in [-0.1, -0.05) is 0 Å². The molecule has 3 heterocycles. The van der Waals surface area contributed by atoms with E-state index in [9.17, 15) is 40.0 Å². The topological polar surface area (TPSA) is 99.3 Å². The smallest absolute Gasteiger partial charge is 0.414 e. The molecule has 0 saturated carbocycles. The van der Waals surface area contributed by atoms with E-state index in [0.29, 0.717) is 23.7 Å². The van der Waals surface area contributed by atoms with E-state index in [1.165, 1.54) is 26.8 Å². The Labute approximate surface area is 232 Å². The molecule has 15 heteroatoms. The third-order valence-corrected chi connectivity index (χ3v) is 8.64. The summed E-state index contributed by atoms with van der Waals surface area (Å²) in [6.45, 7) is -0.391. The van der Waals surface area contributed by atoms with Gasteiger partial charge in [-0.15, -0.1) is 0 Å². The fourth-order valence-corrected chi connectivity index (χ4v) is 6.50. The molecule has 2 amide bonds. The Hall–Kier alpha value is -3.46. The van der Waals surface area contributed by atoms with Gasteiger partial charge in [-0.05, 0) is 55.5 Å². The zero-order valence-corrected chi connectivity index (χ0v) is 22.5. The van der Waals surface area contributed by atoms with E-state index in [4.69, 9.17) is 4.74 Å². The molecular formula is C26H27F5N4O5S. The van der Waals surface area contributed by atoms with Crippen LogP contribution in [0.2, 0.25) is 0 Å². The van der Waals surface area contributed by atoms with Crippen molar-refractivity contribution >= 4 is 39.1 Å². The largest absolute Gasteiger partial charge is 0.446 e. The highest BCUT2D eigenvalue weighted by atomic mass is 32.2. The van der Waals surface area contributed by atoms with E-state index < -0.39 is 52.3 Å².